The Bertz CT molecular complexity index is 450. The second-order valence-electron chi connectivity index (χ2n) is 3.39. The summed E-state index contributed by atoms with van der Waals surface area (Å²) in [6.07, 6.45) is 1.92. The van der Waals surface area contributed by atoms with Gasteiger partial charge in [0.15, 0.2) is 0 Å². The zero-order chi connectivity index (χ0) is 11.4. The number of ether oxygens (including phenoxy) is 1. The molecule has 0 aliphatic carbocycles. The van der Waals surface area contributed by atoms with Crippen LogP contribution < -0.4 is 10.1 Å². The molecule has 1 N–H and O–H groups in total. The molecule has 1 heterocycles. The van der Waals surface area contributed by atoms with E-state index in [9.17, 15) is 0 Å². The van der Waals surface area contributed by atoms with Gasteiger partial charge in [-0.1, -0.05) is 0 Å². The first kappa shape index (κ1) is 11.1. The van der Waals surface area contributed by atoms with Crippen molar-refractivity contribution < 1.29 is 4.74 Å². The Morgan fingerprint density at radius 2 is 2.06 bits per heavy atom. The molecule has 0 saturated heterocycles. The van der Waals surface area contributed by atoms with Crippen molar-refractivity contribution in [3.8, 4) is 16.3 Å². The minimum Gasteiger partial charge on any atom is -0.497 e. The summed E-state index contributed by atoms with van der Waals surface area (Å²) < 4.78 is 5.12. The highest BCUT2D eigenvalue weighted by Gasteiger charge is 2.04. The van der Waals surface area contributed by atoms with Gasteiger partial charge in [-0.3, -0.25) is 0 Å². The van der Waals surface area contributed by atoms with E-state index in [1.54, 1.807) is 18.4 Å². The summed E-state index contributed by atoms with van der Waals surface area (Å²) >= 11 is 1.71. The average molecular weight is 234 g/mol. The van der Waals surface area contributed by atoms with Crippen LogP contribution in [0.3, 0.4) is 0 Å². The number of hydrogen-bond donors (Lipinski definition) is 1. The van der Waals surface area contributed by atoms with Crippen LogP contribution in [0.25, 0.3) is 10.6 Å². The Hall–Kier alpha value is -1.39. The maximum Gasteiger partial charge on any atom is 0.123 e. The fourth-order valence-electron chi connectivity index (χ4n) is 1.43. The number of nitrogens with zero attached hydrogens (tertiary/aromatic N) is 1. The third-order valence-electron chi connectivity index (χ3n) is 2.24. The van der Waals surface area contributed by atoms with Crippen LogP contribution in [-0.2, 0) is 6.54 Å². The van der Waals surface area contributed by atoms with Gasteiger partial charge < -0.3 is 10.1 Å². The van der Waals surface area contributed by atoms with Crippen LogP contribution in [0.15, 0.2) is 30.5 Å². The largest absolute Gasteiger partial charge is 0.497 e. The average Bonchev–Trinajstić information content (AvgIpc) is 2.78. The summed E-state index contributed by atoms with van der Waals surface area (Å²) in [5, 5.41) is 4.17. The van der Waals surface area contributed by atoms with E-state index in [4.69, 9.17) is 4.74 Å². The lowest BCUT2D eigenvalue weighted by atomic mass is 10.2. The molecule has 84 valence electrons. The standard InChI is InChI=1S/C12H14N2OS/c1-13-7-11-8-14-12(16-11)9-3-5-10(15-2)6-4-9/h3-6,8,13H,7H2,1-2H3. The van der Waals surface area contributed by atoms with Crippen LogP contribution >= 0.6 is 11.3 Å². The number of hydrogen-bond acceptors (Lipinski definition) is 4. The van der Waals surface area contributed by atoms with Crippen molar-refractivity contribution in [2.75, 3.05) is 14.2 Å². The lowest BCUT2D eigenvalue weighted by Crippen LogP contribution is -2.02. The SMILES string of the molecule is CNCc1cnc(-c2ccc(OC)cc2)s1. The molecule has 0 aliphatic heterocycles. The van der Waals surface area contributed by atoms with Crippen LogP contribution in [0.2, 0.25) is 0 Å². The van der Waals surface area contributed by atoms with E-state index >= 15 is 0 Å². The molecular weight excluding hydrogens is 220 g/mol. The summed E-state index contributed by atoms with van der Waals surface area (Å²) in [6.45, 7) is 0.869. The van der Waals surface area contributed by atoms with E-state index in [1.165, 1.54) is 4.88 Å². The van der Waals surface area contributed by atoms with E-state index < -0.39 is 0 Å². The molecule has 4 heteroatoms. The maximum absolute atomic E-state index is 5.12. The van der Waals surface area contributed by atoms with Gasteiger partial charge in [0.25, 0.3) is 0 Å². The highest BCUT2D eigenvalue weighted by molar-refractivity contribution is 7.15. The fourth-order valence-corrected chi connectivity index (χ4v) is 2.36. The summed E-state index contributed by atoms with van der Waals surface area (Å²) in [4.78, 5) is 5.64. The van der Waals surface area contributed by atoms with Crippen molar-refractivity contribution in [2.45, 2.75) is 6.54 Å². The molecule has 0 amide bonds. The van der Waals surface area contributed by atoms with Crippen molar-refractivity contribution in [2.24, 2.45) is 0 Å². The Morgan fingerprint density at radius 1 is 1.31 bits per heavy atom. The van der Waals surface area contributed by atoms with Crippen LogP contribution in [0, 0.1) is 0 Å². The van der Waals surface area contributed by atoms with Gasteiger partial charge >= 0.3 is 0 Å². The molecule has 0 radical (unpaired) electrons. The molecule has 0 saturated carbocycles. The van der Waals surface area contributed by atoms with E-state index in [-0.39, 0.29) is 0 Å². The molecule has 0 spiro atoms. The lowest BCUT2D eigenvalue weighted by molar-refractivity contribution is 0.415. The van der Waals surface area contributed by atoms with E-state index in [2.05, 4.69) is 10.3 Å². The van der Waals surface area contributed by atoms with Gasteiger partial charge in [0.2, 0.25) is 0 Å². The van der Waals surface area contributed by atoms with Crippen molar-refractivity contribution in [3.63, 3.8) is 0 Å². The molecular formula is C12H14N2OS. The molecule has 1 aromatic carbocycles. The first-order chi connectivity index (χ1) is 7.83. The number of aromatic nitrogens is 1. The van der Waals surface area contributed by atoms with Gasteiger partial charge in [0.05, 0.1) is 7.11 Å². The summed E-state index contributed by atoms with van der Waals surface area (Å²) in [5.74, 6) is 0.871. The number of thiazole rings is 1. The molecule has 2 aromatic rings. The molecule has 0 atom stereocenters. The Labute approximate surface area is 99.1 Å². The first-order valence-corrected chi connectivity index (χ1v) is 5.89. The van der Waals surface area contributed by atoms with E-state index in [0.29, 0.717) is 0 Å². The topological polar surface area (TPSA) is 34.2 Å². The van der Waals surface area contributed by atoms with Gasteiger partial charge in [-0.05, 0) is 31.3 Å². The molecule has 0 bridgehead atoms. The van der Waals surface area contributed by atoms with E-state index in [0.717, 1.165) is 22.9 Å². The summed E-state index contributed by atoms with van der Waals surface area (Å²) in [6, 6.07) is 7.96. The highest BCUT2D eigenvalue weighted by Crippen LogP contribution is 2.26. The van der Waals surface area contributed by atoms with Crippen molar-refractivity contribution in [1.82, 2.24) is 10.3 Å². The zero-order valence-corrected chi connectivity index (χ0v) is 10.2. The number of rotatable bonds is 4. The van der Waals surface area contributed by atoms with Gasteiger partial charge in [-0.2, -0.15) is 0 Å². The van der Waals surface area contributed by atoms with Crippen molar-refractivity contribution in [3.05, 3.63) is 35.3 Å². The quantitative estimate of drug-likeness (QED) is 0.882. The Balaban J connectivity index is 2.21. The molecule has 0 fully saturated rings. The van der Waals surface area contributed by atoms with Gasteiger partial charge in [-0.15, -0.1) is 11.3 Å². The molecule has 2 rings (SSSR count). The molecule has 1 aromatic heterocycles. The van der Waals surface area contributed by atoms with Crippen LogP contribution in [0.5, 0.6) is 5.75 Å². The molecule has 3 nitrogen and oxygen atoms in total. The van der Waals surface area contributed by atoms with E-state index in [1.807, 2.05) is 37.5 Å². The third kappa shape index (κ3) is 2.40. The normalized spacial score (nSPS) is 10.4. The minimum atomic E-state index is 0.869. The van der Waals surface area contributed by atoms with Crippen LogP contribution in [-0.4, -0.2) is 19.1 Å². The Kier molecular flexibility index (Phi) is 3.54. The van der Waals surface area contributed by atoms with Gasteiger partial charge in [-0.25, -0.2) is 4.98 Å². The second kappa shape index (κ2) is 5.09. The second-order valence-corrected chi connectivity index (χ2v) is 4.51. The Morgan fingerprint density at radius 3 is 2.69 bits per heavy atom. The lowest BCUT2D eigenvalue weighted by Gasteiger charge is -2.00. The predicted octanol–water partition coefficient (Wildman–Crippen LogP) is 2.54. The smallest absolute Gasteiger partial charge is 0.123 e. The number of methoxy groups -OCH3 is 1. The fraction of sp³-hybridized carbons (Fsp3) is 0.250. The van der Waals surface area contributed by atoms with Crippen LogP contribution in [0.4, 0.5) is 0 Å². The molecule has 16 heavy (non-hydrogen) atoms. The van der Waals surface area contributed by atoms with Crippen molar-refractivity contribution >= 4 is 11.3 Å². The van der Waals surface area contributed by atoms with Gasteiger partial charge in [0, 0.05) is 23.2 Å². The van der Waals surface area contributed by atoms with Crippen LogP contribution in [0.1, 0.15) is 4.88 Å². The van der Waals surface area contributed by atoms with Gasteiger partial charge in [0.1, 0.15) is 10.8 Å². The number of benzene rings is 1. The molecule has 0 aliphatic rings. The monoisotopic (exact) mass is 234 g/mol. The maximum atomic E-state index is 5.12. The molecule has 0 unspecified atom stereocenters. The first-order valence-electron chi connectivity index (χ1n) is 5.07. The zero-order valence-electron chi connectivity index (χ0n) is 9.36. The summed E-state index contributed by atoms with van der Waals surface area (Å²) in [7, 11) is 3.61. The third-order valence-corrected chi connectivity index (χ3v) is 3.29. The predicted molar refractivity (Wildman–Crippen MR) is 66.9 cm³/mol. The number of nitrogens with one attached hydrogen (secondary N) is 1. The summed E-state index contributed by atoms with van der Waals surface area (Å²) in [5.41, 5.74) is 1.13. The minimum absolute atomic E-state index is 0.869. The van der Waals surface area contributed by atoms with Crippen molar-refractivity contribution in [1.29, 1.82) is 0 Å². The highest BCUT2D eigenvalue weighted by atomic mass is 32.1.